The highest BCUT2D eigenvalue weighted by atomic mass is 16.5. The molecule has 18 heavy (non-hydrogen) atoms. The lowest BCUT2D eigenvalue weighted by atomic mass is 9.86. The number of ether oxygens (including phenoxy) is 1. The Morgan fingerprint density at radius 1 is 1.28 bits per heavy atom. The van der Waals surface area contributed by atoms with Gasteiger partial charge in [0.05, 0.1) is 13.2 Å². The Labute approximate surface area is 110 Å². The second-order valence-corrected chi connectivity index (χ2v) is 5.57. The van der Waals surface area contributed by atoms with E-state index in [1.54, 1.807) is 0 Å². The van der Waals surface area contributed by atoms with Crippen LogP contribution in [0.5, 0.6) is 0 Å². The molecule has 0 spiro atoms. The minimum atomic E-state index is 0.272. The summed E-state index contributed by atoms with van der Waals surface area (Å²) in [4.78, 5) is 13.9. The highest BCUT2D eigenvalue weighted by molar-refractivity contribution is 5.76. The number of carbonyl (C=O) groups excluding carboxylic acids is 1. The summed E-state index contributed by atoms with van der Waals surface area (Å²) in [6.07, 6.45) is 5.93. The fourth-order valence-electron chi connectivity index (χ4n) is 2.95. The number of amides is 1. The van der Waals surface area contributed by atoms with Crippen molar-refractivity contribution in [3.63, 3.8) is 0 Å². The van der Waals surface area contributed by atoms with Crippen LogP contribution >= 0.6 is 0 Å². The van der Waals surface area contributed by atoms with Crippen LogP contribution in [-0.2, 0) is 9.53 Å². The first-order chi connectivity index (χ1) is 8.77. The van der Waals surface area contributed by atoms with Gasteiger partial charge in [-0.05, 0) is 18.8 Å². The summed E-state index contributed by atoms with van der Waals surface area (Å²) in [6, 6.07) is 0.622. The summed E-state index contributed by atoms with van der Waals surface area (Å²) in [5, 5.41) is 3.56. The van der Waals surface area contributed by atoms with Gasteiger partial charge in [-0.3, -0.25) is 4.79 Å². The van der Waals surface area contributed by atoms with Crippen molar-refractivity contribution in [1.82, 2.24) is 10.2 Å². The smallest absolute Gasteiger partial charge is 0.224 e. The van der Waals surface area contributed by atoms with Crippen LogP contribution in [0, 0.1) is 5.92 Å². The predicted molar refractivity (Wildman–Crippen MR) is 71.4 cm³/mol. The molecule has 0 aromatic rings. The van der Waals surface area contributed by atoms with Crippen LogP contribution in [0.3, 0.4) is 0 Å². The standard InChI is InChI=1S/C14H26N2O2/c1-12-4-2-3-5-13(12)15-7-6-14(17)16-8-10-18-11-9-16/h12-13,15H,2-11H2,1H3. The van der Waals surface area contributed by atoms with Gasteiger partial charge in [-0.15, -0.1) is 0 Å². The molecule has 1 N–H and O–H groups in total. The van der Waals surface area contributed by atoms with Gasteiger partial charge < -0.3 is 15.0 Å². The summed E-state index contributed by atoms with van der Waals surface area (Å²) in [6.45, 7) is 6.06. The van der Waals surface area contributed by atoms with Crippen LogP contribution in [0.2, 0.25) is 0 Å². The number of nitrogens with one attached hydrogen (secondary N) is 1. The molecule has 2 fully saturated rings. The van der Waals surface area contributed by atoms with E-state index >= 15 is 0 Å². The lowest BCUT2D eigenvalue weighted by molar-refractivity contribution is -0.135. The molecule has 1 saturated heterocycles. The van der Waals surface area contributed by atoms with Gasteiger partial charge in [0.25, 0.3) is 0 Å². The van der Waals surface area contributed by atoms with Gasteiger partial charge in [-0.25, -0.2) is 0 Å². The second kappa shape index (κ2) is 7.10. The highest BCUT2D eigenvalue weighted by Crippen LogP contribution is 2.23. The topological polar surface area (TPSA) is 41.6 Å². The number of nitrogens with zero attached hydrogens (tertiary/aromatic N) is 1. The van der Waals surface area contributed by atoms with E-state index in [-0.39, 0.29) is 5.91 Å². The number of hydrogen-bond acceptors (Lipinski definition) is 3. The van der Waals surface area contributed by atoms with Crippen molar-refractivity contribution in [2.24, 2.45) is 5.92 Å². The van der Waals surface area contributed by atoms with Crippen LogP contribution < -0.4 is 5.32 Å². The van der Waals surface area contributed by atoms with Crippen molar-refractivity contribution in [3.8, 4) is 0 Å². The zero-order valence-corrected chi connectivity index (χ0v) is 11.5. The Kier molecular flexibility index (Phi) is 5.45. The number of hydrogen-bond donors (Lipinski definition) is 1. The molecule has 1 saturated carbocycles. The third-order valence-electron chi connectivity index (χ3n) is 4.22. The summed E-state index contributed by atoms with van der Waals surface area (Å²) < 4.78 is 5.25. The summed E-state index contributed by atoms with van der Waals surface area (Å²) >= 11 is 0. The maximum Gasteiger partial charge on any atom is 0.224 e. The van der Waals surface area contributed by atoms with Crippen LogP contribution in [0.15, 0.2) is 0 Å². The van der Waals surface area contributed by atoms with Crippen molar-refractivity contribution < 1.29 is 9.53 Å². The van der Waals surface area contributed by atoms with Gasteiger partial charge in [0, 0.05) is 32.1 Å². The molecule has 0 aromatic heterocycles. The minimum absolute atomic E-state index is 0.272. The van der Waals surface area contributed by atoms with E-state index in [0.717, 1.165) is 25.6 Å². The third-order valence-corrected chi connectivity index (χ3v) is 4.22. The molecular formula is C14H26N2O2. The predicted octanol–water partition coefficient (Wildman–Crippen LogP) is 1.40. The molecule has 2 atom stereocenters. The molecule has 1 aliphatic heterocycles. The molecule has 104 valence electrons. The van der Waals surface area contributed by atoms with E-state index in [0.29, 0.717) is 25.7 Å². The minimum Gasteiger partial charge on any atom is -0.378 e. The summed E-state index contributed by atoms with van der Waals surface area (Å²) in [5.74, 6) is 1.03. The molecule has 4 heteroatoms. The van der Waals surface area contributed by atoms with E-state index in [1.165, 1.54) is 25.7 Å². The number of morpholine rings is 1. The molecule has 1 heterocycles. The Balaban J connectivity index is 1.63. The van der Waals surface area contributed by atoms with Crippen LogP contribution in [-0.4, -0.2) is 49.7 Å². The average molecular weight is 254 g/mol. The van der Waals surface area contributed by atoms with Gasteiger partial charge in [-0.1, -0.05) is 19.8 Å². The molecule has 1 amide bonds. The van der Waals surface area contributed by atoms with Crippen LogP contribution in [0.25, 0.3) is 0 Å². The highest BCUT2D eigenvalue weighted by Gasteiger charge is 2.21. The van der Waals surface area contributed by atoms with Crippen LogP contribution in [0.1, 0.15) is 39.0 Å². The fourth-order valence-corrected chi connectivity index (χ4v) is 2.95. The van der Waals surface area contributed by atoms with Crippen molar-refractivity contribution >= 4 is 5.91 Å². The molecule has 0 radical (unpaired) electrons. The van der Waals surface area contributed by atoms with E-state index in [9.17, 15) is 4.79 Å². The monoisotopic (exact) mass is 254 g/mol. The Bertz CT molecular complexity index is 265. The fraction of sp³-hybridized carbons (Fsp3) is 0.929. The van der Waals surface area contributed by atoms with E-state index < -0.39 is 0 Å². The lowest BCUT2D eigenvalue weighted by Gasteiger charge is -2.30. The quantitative estimate of drug-likeness (QED) is 0.824. The van der Waals surface area contributed by atoms with Crippen molar-refractivity contribution in [1.29, 1.82) is 0 Å². The van der Waals surface area contributed by atoms with Crippen LogP contribution in [0.4, 0.5) is 0 Å². The zero-order valence-electron chi connectivity index (χ0n) is 11.5. The van der Waals surface area contributed by atoms with Gasteiger partial charge in [0.2, 0.25) is 5.91 Å². The van der Waals surface area contributed by atoms with E-state index in [1.807, 2.05) is 4.90 Å². The van der Waals surface area contributed by atoms with Crippen molar-refractivity contribution in [2.75, 3.05) is 32.8 Å². The average Bonchev–Trinajstić information content (AvgIpc) is 2.42. The molecule has 2 rings (SSSR count). The molecule has 0 bridgehead atoms. The number of rotatable bonds is 4. The molecule has 0 aromatic carbocycles. The third kappa shape index (κ3) is 3.95. The van der Waals surface area contributed by atoms with E-state index in [2.05, 4.69) is 12.2 Å². The van der Waals surface area contributed by atoms with Crippen molar-refractivity contribution in [2.45, 2.75) is 45.1 Å². The van der Waals surface area contributed by atoms with E-state index in [4.69, 9.17) is 4.74 Å². The largest absolute Gasteiger partial charge is 0.378 e. The second-order valence-electron chi connectivity index (χ2n) is 5.57. The first kappa shape index (κ1) is 13.8. The first-order valence-electron chi connectivity index (χ1n) is 7.36. The number of carbonyl (C=O) groups is 1. The molecule has 2 unspecified atom stereocenters. The maximum atomic E-state index is 12.0. The molecular weight excluding hydrogens is 228 g/mol. The van der Waals surface area contributed by atoms with Crippen molar-refractivity contribution in [3.05, 3.63) is 0 Å². The molecule has 4 nitrogen and oxygen atoms in total. The van der Waals surface area contributed by atoms with Gasteiger partial charge in [0.15, 0.2) is 0 Å². The molecule has 2 aliphatic rings. The summed E-state index contributed by atoms with van der Waals surface area (Å²) in [7, 11) is 0. The molecule has 1 aliphatic carbocycles. The summed E-state index contributed by atoms with van der Waals surface area (Å²) in [5.41, 5.74) is 0. The Hall–Kier alpha value is -0.610. The van der Waals surface area contributed by atoms with Gasteiger partial charge in [-0.2, -0.15) is 0 Å². The zero-order chi connectivity index (χ0) is 12.8. The lowest BCUT2D eigenvalue weighted by Crippen LogP contribution is -2.43. The SMILES string of the molecule is CC1CCCCC1NCCC(=O)N1CCOCC1. The Morgan fingerprint density at radius 2 is 2.00 bits per heavy atom. The normalized spacial score (nSPS) is 29.3. The van der Waals surface area contributed by atoms with Gasteiger partial charge in [0.1, 0.15) is 0 Å². The maximum absolute atomic E-state index is 12.0. The van der Waals surface area contributed by atoms with Gasteiger partial charge >= 0.3 is 0 Å². The Morgan fingerprint density at radius 3 is 2.72 bits per heavy atom. The first-order valence-corrected chi connectivity index (χ1v) is 7.36.